The first kappa shape index (κ1) is 18.0. The van der Waals surface area contributed by atoms with Crippen LogP contribution in [0.25, 0.3) is 6.08 Å². The Morgan fingerprint density at radius 2 is 1.89 bits per heavy atom. The van der Waals surface area contributed by atoms with Crippen molar-refractivity contribution in [1.29, 1.82) is 0 Å². The molecule has 0 fully saturated rings. The van der Waals surface area contributed by atoms with Gasteiger partial charge < -0.3 is 15.0 Å². The van der Waals surface area contributed by atoms with E-state index in [0.29, 0.717) is 17.9 Å². The molecule has 2 aromatic carbocycles. The van der Waals surface area contributed by atoms with Crippen LogP contribution in [0.15, 0.2) is 71.8 Å². The number of carbonyl (C=O) groups excluding carboxylic acids is 2. The molecule has 5 nitrogen and oxygen atoms in total. The SMILES string of the molecule is CN1C(=O)C(=Cc2ccc(C(=O)NCc3cccs3)cc2)Oc2ccccc21. The van der Waals surface area contributed by atoms with Crippen LogP contribution in [0.4, 0.5) is 5.69 Å². The highest BCUT2D eigenvalue weighted by atomic mass is 32.1. The lowest BCUT2D eigenvalue weighted by Crippen LogP contribution is -2.33. The van der Waals surface area contributed by atoms with Gasteiger partial charge in [0.15, 0.2) is 11.5 Å². The average Bonchev–Trinajstić information content (AvgIpc) is 3.24. The lowest BCUT2D eigenvalue weighted by Gasteiger charge is -2.27. The molecule has 0 aliphatic carbocycles. The second kappa shape index (κ2) is 7.70. The highest BCUT2D eigenvalue weighted by molar-refractivity contribution is 7.09. The maximum Gasteiger partial charge on any atom is 0.293 e. The first-order chi connectivity index (χ1) is 13.6. The van der Waals surface area contributed by atoms with Crippen molar-refractivity contribution in [2.24, 2.45) is 0 Å². The van der Waals surface area contributed by atoms with Crippen LogP contribution in [-0.4, -0.2) is 18.9 Å². The average molecular weight is 390 g/mol. The number of para-hydroxylation sites is 2. The Labute approximate surface area is 166 Å². The predicted molar refractivity (Wildman–Crippen MR) is 110 cm³/mol. The van der Waals surface area contributed by atoms with E-state index >= 15 is 0 Å². The summed E-state index contributed by atoms with van der Waals surface area (Å²) in [6, 6.07) is 18.4. The van der Waals surface area contributed by atoms with Gasteiger partial charge in [-0.25, -0.2) is 0 Å². The number of benzene rings is 2. The van der Waals surface area contributed by atoms with Gasteiger partial charge in [0.1, 0.15) is 0 Å². The van der Waals surface area contributed by atoms with E-state index < -0.39 is 0 Å². The van der Waals surface area contributed by atoms with Crippen LogP contribution in [0.5, 0.6) is 5.75 Å². The van der Waals surface area contributed by atoms with Gasteiger partial charge >= 0.3 is 0 Å². The number of nitrogens with one attached hydrogen (secondary N) is 1. The smallest absolute Gasteiger partial charge is 0.293 e. The normalized spacial score (nSPS) is 14.5. The largest absolute Gasteiger partial charge is 0.449 e. The van der Waals surface area contributed by atoms with E-state index in [1.165, 1.54) is 0 Å². The van der Waals surface area contributed by atoms with Crippen LogP contribution < -0.4 is 15.0 Å². The molecule has 4 rings (SSSR count). The molecule has 0 unspecified atom stereocenters. The summed E-state index contributed by atoms with van der Waals surface area (Å²) in [6.07, 6.45) is 1.68. The molecular weight excluding hydrogens is 372 g/mol. The van der Waals surface area contributed by atoms with Crippen molar-refractivity contribution in [3.63, 3.8) is 0 Å². The minimum absolute atomic E-state index is 0.133. The van der Waals surface area contributed by atoms with Gasteiger partial charge in [-0.15, -0.1) is 11.3 Å². The molecule has 3 aromatic rings. The van der Waals surface area contributed by atoms with Crippen LogP contribution in [-0.2, 0) is 11.3 Å². The van der Waals surface area contributed by atoms with E-state index in [1.54, 1.807) is 53.6 Å². The molecule has 0 bridgehead atoms. The fourth-order valence-electron chi connectivity index (χ4n) is 2.91. The summed E-state index contributed by atoms with van der Waals surface area (Å²) in [7, 11) is 1.72. The summed E-state index contributed by atoms with van der Waals surface area (Å²) in [4.78, 5) is 27.5. The lowest BCUT2D eigenvalue weighted by atomic mass is 10.1. The Morgan fingerprint density at radius 3 is 2.64 bits per heavy atom. The highest BCUT2D eigenvalue weighted by Crippen LogP contribution is 2.34. The second-order valence-electron chi connectivity index (χ2n) is 6.33. The van der Waals surface area contributed by atoms with Crippen molar-refractivity contribution < 1.29 is 14.3 Å². The summed E-state index contributed by atoms with van der Waals surface area (Å²) in [5.74, 6) is 0.541. The molecular formula is C22H18N2O3S. The Hall–Kier alpha value is -3.38. The number of anilines is 1. The number of amides is 2. The van der Waals surface area contributed by atoms with E-state index in [1.807, 2.05) is 41.8 Å². The summed E-state index contributed by atoms with van der Waals surface area (Å²) in [5, 5.41) is 4.88. The summed E-state index contributed by atoms with van der Waals surface area (Å²) in [6.45, 7) is 0.510. The monoisotopic (exact) mass is 390 g/mol. The van der Waals surface area contributed by atoms with Crippen LogP contribution in [0.2, 0.25) is 0 Å². The predicted octanol–water partition coefficient (Wildman–Crippen LogP) is 4.07. The minimum Gasteiger partial charge on any atom is -0.449 e. The molecule has 1 aliphatic rings. The Bertz CT molecular complexity index is 1040. The molecule has 0 saturated carbocycles. The van der Waals surface area contributed by atoms with Crippen molar-refractivity contribution >= 4 is 34.9 Å². The van der Waals surface area contributed by atoms with Gasteiger partial charge in [-0.05, 0) is 47.4 Å². The summed E-state index contributed by atoms with van der Waals surface area (Å²) in [5.41, 5.74) is 2.09. The first-order valence-corrected chi connectivity index (χ1v) is 9.67. The van der Waals surface area contributed by atoms with E-state index in [2.05, 4.69) is 5.32 Å². The number of ether oxygens (including phenoxy) is 1. The number of carbonyl (C=O) groups is 2. The van der Waals surface area contributed by atoms with Crippen molar-refractivity contribution in [1.82, 2.24) is 5.32 Å². The zero-order valence-electron chi connectivity index (χ0n) is 15.2. The third-order valence-electron chi connectivity index (χ3n) is 4.44. The molecule has 2 heterocycles. The number of hydrogen-bond acceptors (Lipinski definition) is 4. The highest BCUT2D eigenvalue weighted by Gasteiger charge is 2.27. The third-order valence-corrected chi connectivity index (χ3v) is 5.31. The number of likely N-dealkylation sites (N-methyl/N-ethyl adjacent to an activating group) is 1. The van der Waals surface area contributed by atoms with Crippen LogP contribution in [0, 0.1) is 0 Å². The molecule has 0 radical (unpaired) electrons. The standard InChI is InChI=1S/C22H18N2O3S/c1-24-18-6-2-3-7-19(18)27-20(22(24)26)13-15-8-10-16(11-9-15)21(25)23-14-17-5-4-12-28-17/h2-13H,14H2,1H3,(H,23,25). The van der Waals surface area contributed by atoms with E-state index in [9.17, 15) is 9.59 Å². The molecule has 28 heavy (non-hydrogen) atoms. The van der Waals surface area contributed by atoms with E-state index in [0.717, 1.165) is 16.1 Å². The molecule has 6 heteroatoms. The number of nitrogens with zero attached hydrogens (tertiary/aromatic N) is 1. The zero-order valence-corrected chi connectivity index (χ0v) is 16.0. The Morgan fingerprint density at radius 1 is 1.11 bits per heavy atom. The quantitative estimate of drug-likeness (QED) is 0.683. The zero-order chi connectivity index (χ0) is 19.5. The van der Waals surface area contributed by atoms with Gasteiger partial charge in [-0.2, -0.15) is 0 Å². The first-order valence-electron chi connectivity index (χ1n) is 8.79. The van der Waals surface area contributed by atoms with Crippen molar-refractivity contribution in [2.45, 2.75) is 6.54 Å². The molecule has 1 aromatic heterocycles. The van der Waals surface area contributed by atoms with Crippen LogP contribution >= 0.6 is 11.3 Å². The second-order valence-corrected chi connectivity index (χ2v) is 7.36. The molecule has 1 N–H and O–H groups in total. The van der Waals surface area contributed by atoms with E-state index in [-0.39, 0.29) is 17.6 Å². The van der Waals surface area contributed by atoms with Gasteiger partial charge in [0.25, 0.3) is 11.8 Å². The minimum atomic E-state index is -0.212. The van der Waals surface area contributed by atoms with Crippen molar-refractivity contribution in [2.75, 3.05) is 11.9 Å². The van der Waals surface area contributed by atoms with Gasteiger partial charge in [0.2, 0.25) is 0 Å². The molecule has 1 aliphatic heterocycles. The van der Waals surface area contributed by atoms with Crippen LogP contribution in [0.1, 0.15) is 20.8 Å². The van der Waals surface area contributed by atoms with Crippen molar-refractivity contribution in [3.8, 4) is 5.75 Å². The van der Waals surface area contributed by atoms with Gasteiger partial charge in [0, 0.05) is 17.5 Å². The number of thiophene rings is 1. The Kier molecular flexibility index (Phi) is 4.95. The molecule has 0 saturated heterocycles. The van der Waals surface area contributed by atoms with Gasteiger partial charge in [0.05, 0.1) is 12.2 Å². The number of hydrogen-bond donors (Lipinski definition) is 1. The van der Waals surface area contributed by atoms with E-state index in [4.69, 9.17) is 4.74 Å². The summed E-state index contributed by atoms with van der Waals surface area (Å²) >= 11 is 1.61. The Balaban J connectivity index is 1.48. The number of fused-ring (bicyclic) bond motifs is 1. The van der Waals surface area contributed by atoms with Gasteiger partial charge in [-0.1, -0.05) is 30.3 Å². The maximum absolute atomic E-state index is 12.5. The topological polar surface area (TPSA) is 58.6 Å². The molecule has 2 amide bonds. The fraction of sp³-hybridized carbons (Fsp3) is 0.0909. The maximum atomic E-state index is 12.5. The van der Waals surface area contributed by atoms with Crippen molar-refractivity contribution in [3.05, 3.63) is 87.8 Å². The molecule has 0 spiro atoms. The molecule has 140 valence electrons. The number of rotatable bonds is 4. The summed E-state index contributed by atoms with van der Waals surface area (Å²) < 4.78 is 5.77. The molecule has 0 atom stereocenters. The lowest BCUT2D eigenvalue weighted by molar-refractivity contribution is -0.117. The third kappa shape index (κ3) is 3.68. The van der Waals surface area contributed by atoms with Gasteiger partial charge in [-0.3, -0.25) is 9.59 Å². The fourth-order valence-corrected chi connectivity index (χ4v) is 3.56. The van der Waals surface area contributed by atoms with Crippen LogP contribution in [0.3, 0.4) is 0 Å².